The highest BCUT2D eigenvalue weighted by Gasteiger charge is 2.14. The molecule has 100 valence electrons. The number of anilines is 1. The molecule has 0 atom stereocenters. The van der Waals surface area contributed by atoms with Crippen LogP contribution in [0.3, 0.4) is 0 Å². The maximum atomic E-state index is 11.6. The van der Waals surface area contributed by atoms with Gasteiger partial charge in [0.2, 0.25) is 10.0 Å². The van der Waals surface area contributed by atoms with E-state index < -0.39 is 15.9 Å². The van der Waals surface area contributed by atoms with Crippen molar-refractivity contribution in [2.75, 3.05) is 12.4 Å². The molecule has 1 heterocycles. The molecule has 0 saturated heterocycles. The van der Waals surface area contributed by atoms with E-state index in [9.17, 15) is 13.2 Å². The van der Waals surface area contributed by atoms with Crippen molar-refractivity contribution in [3.05, 3.63) is 30.1 Å². The number of sulfonamides is 1. The zero-order valence-electron chi connectivity index (χ0n) is 9.78. The van der Waals surface area contributed by atoms with Crippen LogP contribution in [0.2, 0.25) is 0 Å². The van der Waals surface area contributed by atoms with Gasteiger partial charge < -0.3 is 5.32 Å². The molecule has 0 radical (unpaired) electrons. The quantitative estimate of drug-likeness (QED) is 0.684. The lowest BCUT2D eigenvalue weighted by atomic mass is 10.3. The highest BCUT2D eigenvalue weighted by Crippen LogP contribution is 2.15. The normalized spacial score (nSPS) is 11.2. The Kier molecular flexibility index (Phi) is 3.53. The zero-order chi connectivity index (χ0) is 13.9. The molecule has 1 aromatic carbocycles. The Hall–Kier alpha value is -2.33. The lowest BCUT2D eigenvalue weighted by Gasteiger charge is -2.06. The SMILES string of the molecule is CNS(=O)(=O)c1cccc(NC(=O)c2nn[nH]n2)c1. The molecule has 0 unspecified atom stereocenters. The van der Waals surface area contributed by atoms with E-state index in [0.29, 0.717) is 5.69 Å². The van der Waals surface area contributed by atoms with Crippen molar-refractivity contribution >= 4 is 21.6 Å². The van der Waals surface area contributed by atoms with Gasteiger partial charge in [0.25, 0.3) is 11.7 Å². The van der Waals surface area contributed by atoms with Crippen LogP contribution in [0.15, 0.2) is 29.2 Å². The number of rotatable bonds is 4. The topological polar surface area (TPSA) is 130 Å². The van der Waals surface area contributed by atoms with E-state index in [1.807, 2.05) is 0 Å². The minimum absolute atomic E-state index is 0.0425. The number of aromatic amines is 1. The third kappa shape index (κ3) is 2.92. The largest absolute Gasteiger partial charge is 0.319 e. The average Bonchev–Trinajstić information content (AvgIpc) is 2.93. The fraction of sp³-hybridized carbons (Fsp3) is 0.111. The summed E-state index contributed by atoms with van der Waals surface area (Å²) in [5, 5.41) is 14.9. The van der Waals surface area contributed by atoms with Gasteiger partial charge in [-0.25, -0.2) is 13.1 Å². The summed E-state index contributed by atoms with van der Waals surface area (Å²) in [6.45, 7) is 0. The molecule has 0 aliphatic rings. The van der Waals surface area contributed by atoms with Crippen LogP contribution in [0.25, 0.3) is 0 Å². The van der Waals surface area contributed by atoms with Crippen LogP contribution in [0.4, 0.5) is 5.69 Å². The van der Waals surface area contributed by atoms with Crippen LogP contribution in [-0.2, 0) is 10.0 Å². The number of hydrogen-bond donors (Lipinski definition) is 3. The van der Waals surface area contributed by atoms with E-state index in [-0.39, 0.29) is 10.7 Å². The first-order valence-electron chi connectivity index (χ1n) is 5.11. The number of carbonyl (C=O) groups excluding carboxylic acids is 1. The van der Waals surface area contributed by atoms with E-state index >= 15 is 0 Å². The van der Waals surface area contributed by atoms with Crippen LogP contribution >= 0.6 is 0 Å². The second-order valence-electron chi connectivity index (χ2n) is 3.42. The summed E-state index contributed by atoms with van der Waals surface area (Å²) in [6.07, 6.45) is 0. The van der Waals surface area contributed by atoms with Gasteiger partial charge >= 0.3 is 0 Å². The summed E-state index contributed by atoms with van der Waals surface area (Å²) < 4.78 is 25.4. The second kappa shape index (κ2) is 5.12. The van der Waals surface area contributed by atoms with Gasteiger partial charge in [0, 0.05) is 5.69 Å². The molecular weight excluding hydrogens is 272 g/mol. The van der Waals surface area contributed by atoms with Gasteiger partial charge in [0.1, 0.15) is 0 Å². The Morgan fingerprint density at radius 2 is 2.16 bits per heavy atom. The minimum atomic E-state index is -3.56. The maximum absolute atomic E-state index is 11.6. The molecule has 10 heteroatoms. The average molecular weight is 282 g/mol. The summed E-state index contributed by atoms with van der Waals surface area (Å²) >= 11 is 0. The molecule has 1 aromatic heterocycles. The molecule has 0 saturated carbocycles. The van der Waals surface area contributed by atoms with Crippen LogP contribution in [0, 0.1) is 0 Å². The number of amides is 1. The predicted octanol–water partition coefficient (Wildman–Crippen LogP) is -0.640. The van der Waals surface area contributed by atoms with E-state index in [4.69, 9.17) is 0 Å². The lowest BCUT2D eigenvalue weighted by Crippen LogP contribution is -2.19. The number of nitrogens with one attached hydrogen (secondary N) is 3. The number of benzene rings is 1. The van der Waals surface area contributed by atoms with Gasteiger partial charge in [0.05, 0.1) is 4.90 Å². The van der Waals surface area contributed by atoms with E-state index in [1.165, 1.54) is 25.2 Å². The highest BCUT2D eigenvalue weighted by atomic mass is 32.2. The summed E-state index contributed by atoms with van der Waals surface area (Å²) in [6, 6.07) is 5.79. The fourth-order valence-corrected chi connectivity index (χ4v) is 2.08. The van der Waals surface area contributed by atoms with E-state index in [1.54, 1.807) is 6.07 Å². The van der Waals surface area contributed by atoms with Gasteiger partial charge in [-0.2, -0.15) is 5.21 Å². The standard InChI is InChI=1S/C9H10N6O3S/c1-10-19(17,18)7-4-2-3-6(5-7)11-9(16)8-12-14-15-13-8/h2-5,10H,1H3,(H,11,16)(H,12,13,14,15). The Labute approximate surface area is 108 Å². The molecule has 19 heavy (non-hydrogen) atoms. The molecule has 2 rings (SSSR count). The van der Waals surface area contributed by atoms with Gasteiger partial charge in [-0.1, -0.05) is 6.07 Å². The molecule has 1 amide bonds. The Balaban J connectivity index is 2.23. The third-order valence-electron chi connectivity index (χ3n) is 2.22. The number of carbonyl (C=O) groups is 1. The summed E-state index contributed by atoms with van der Waals surface area (Å²) in [5.41, 5.74) is 0.311. The third-order valence-corrected chi connectivity index (χ3v) is 3.63. The summed E-state index contributed by atoms with van der Waals surface area (Å²) in [4.78, 5) is 11.7. The van der Waals surface area contributed by atoms with Crippen molar-refractivity contribution in [1.29, 1.82) is 0 Å². The zero-order valence-corrected chi connectivity index (χ0v) is 10.6. The van der Waals surface area contributed by atoms with Crippen LogP contribution in [0.1, 0.15) is 10.6 Å². The minimum Gasteiger partial charge on any atom is -0.319 e. The lowest BCUT2D eigenvalue weighted by molar-refractivity contribution is 0.101. The molecule has 2 aromatic rings. The summed E-state index contributed by atoms with van der Waals surface area (Å²) in [5.74, 6) is -0.727. The second-order valence-corrected chi connectivity index (χ2v) is 5.31. The summed E-state index contributed by atoms with van der Waals surface area (Å²) in [7, 11) is -2.26. The molecule has 0 fully saturated rings. The number of tetrazole rings is 1. The van der Waals surface area contributed by atoms with E-state index in [0.717, 1.165) is 0 Å². The first kappa shape index (κ1) is 13.1. The van der Waals surface area contributed by atoms with Crippen molar-refractivity contribution in [3.8, 4) is 0 Å². The van der Waals surface area contributed by atoms with Crippen molar-refractivity contribution in [2.45, 2.75) is 4.90 Å². The molecular formula is C9H10N6O3S. The molecule has 0 aliphatic carbocycles. The fourth-order valence-electron chi connectivity index (χ4n) is 1.30. The smallest absolute Gasteiger partial charge is 0.297 e. The van der Waals surface area contributed by atoms with Crippen LogP contribution < -0.4 is 10.0 Å². The van der Waals surface area contributed by atoms with Gasteiger partial charge in [-0.05, 0) is 30.5 Å². The van der Waals surface area contributed by atoms with Crippen molar-refractivity contribution in [3.63, 3.8) is 0 Å². The van der Waals surface area contributed by atoms with Crippen molar-refractivity contribution in [1.82, 2.24) is 25.3 Å². The first-order chi connectivity index (χ1) is 9.03. The van der Waals surface area contributed by atoms with Crippen LogP contribution in [0.5, 0.6) is 0 Å². The van der Waals surface area contributed by atoms with Gasteiger partial charge in [-0.15, -0.1) is 10.2 Å². The maximum Gasteiger partial charge on any atom is 0.297 e. The van der Waals surface area contributed by atoms with E-state index in [2.05, 4.69) is 30.7 Å². The molecule has 3 N–H and O–H groups in total. The Morgan fingerprint density at radius 1 is 1.37 bits per heavy atom. The van der Waals surface area contributed by atoms with Gasteiger partial charge in [0.15, 0.2) is 0 Å². The molecule has 9 nitrogen and oxygen atoms in total. The monoisotopic (exact) mass is 282 g/mol. The Morgan fingerprint density at radius 3 is 2.79 bits per heavy atom. The van der Waals surface area contributed by atoms with Crippen molar-refractivity contribution in [2.24, 2.45) is 0 Å². The first-order valence-corrected chi connectivity index (χ1v) is 6.59. The van der Waals surface area contributed by atoms with Crippen LogP contribution in [-0.4, -0.2) is 42.0 Å². The Bertz CT molecular complexity index is 682. The number of aromatic nitrogens is 4. The molecule has 0 aliphatic heterocycles. The molecule has 0 bridgehead atoms. The predicted molar refractivity (Wildman–Crippen MR) is 64.8 cm³/mol. The number of nitrogens with zero attached hydrogens (tertiary/aromatic N) is 3. The molecule has 0 spiro atoms. The number of hydrogen-bond acceptors (Lipinski definition) is 6. The number of H-pyrrole nitrogens is 1. The van der Waals surface area contributed by atoms with Crippen molar-refractivity contribution < 1.29 is 13.2 Å². The highest BCUT2D eigenvalue weighted by molar-refractivity contribution is 7.89. The van der Waals surface area contributed by atoms with Gasteiger partial charge in [-0.3, -0.25) is 4.79 Å².